The second-order valence-corrected chi connectivity index (χ2v) is 6.11. The van der Waals surface area contributed by atoms with Crippen molar-refractivity contribution in [3.05, 3.63) is 74.3 Å². The van der Waals surface area contributed by atoms with E-state index in [-0.39, 0.29) is 10.7 Å². The fraction of sp³-hybridized carbons (Fsp3) is 0.158. The van der Waals surface area contributed by atoms with E-state index in [0.29, 0.717) is 11.3 Å². The van der Waals surface area contributed by atoms with Crippen LogP contribution in [0.4, 0.5) is 11.4 Å². The minimum atomic E-state index is -0.747. The zero-order valence-electron chi connectivity index (χ0n) is 14.7. The normalized spacial score (nSPS) is 10.6. The molecule has 0 aliphatic carbocycles. The van der Waals surface area contributed by atoms with Gasteiger partial charge in [0.25, 0.3) is 11.6 Å². The minimum Gasteiger partial charge on any atom is -0.452 e. The van der Waals surface area contributed by atoms with Gasteiger partial charge in [0, 0.05) is 17.8 Å². The van der Waals surface area contributed by atoms with Gasteiger partial charge in [0.2, 0.25) is 0 Å². The van der Waals surface area contributed by atoms with E-state index in [1.54, 1.807) is 6.07 Å². The van der Waals surface area contributed by atoms with Crippen molar-refractivity contribution in [1.29, 1.82) is 0 Å². The lowest BCUT2D eigenvalue weighted by atomic mass is 10.1. The molecule has 0 bridgehead atoms. The van der Waals surface area contributed by atoms with Crippen molar-refractivity contribution in [1.82, 2.24) is 0 Å². The van der Waals surface area contributed by atoms with Crippen molar-refractivity contribution in [3.63, 3.8) is 0 Å². The Hall–Kier alpha value is -3.19. The Kier molecular flexibility index (Phi) is 6.67. The molecular formula is C19H17ClN2O5. The number of ether oxygens (including phenoxy) is 1. The number of benzene rings is 2. The number of carbonyl (C=O) groups excluding carboxylic acids is 2. The summed E-state index contributed by atoms with van der Waals surface area (Å²) in [5.74, 6) is -1.21. The Labute approximate surface area is 160 Å². The zero-order chi connectivity index (χ0) is 20.0. The van der Waals surface area contributed by atoms with Gasteiger partial charge in [-0.05, 0) is 48.7 Å². The Morgan fingerprint density at radius 3 is 2.70 bits per heavy atom. The predicted octanol–water partition coefficient (Wildman–Crippen LogP) is 4.06. The third kappa shape index (κ3) is 5.65. The molecule has 1 N–H and O–H groups in total. The van der Waals surface area contributed by atoms with Crippen molar-refractivity contribution in [2.24, 2.45) is 0 Å². The molecule has 0 unspecified atom stereocenters. The highest BCUT2D eigenvalue weighted by Crippen LogP contribution is 2.25. The largest absolute Gasteiger partial charge is 0.452 e. The SMILES string of the molecule is Cc1cccc(NC(=O)COC(=O)/C=C/c2ccc(Cl)c([N+](=O)[O-])c2)c1C. The maximum Gasteiger partial charge on any atom is 0.331 e. The van der Waals surface area contributed by atoms with E-state index in [0.717, 1.165) is 17.2 Å². The van der Waals surface area contributed by atoms with Crippen molar-refractivity contribution in [2.45, 2.75) is 13.8 Å². The van der Waals surface area contributed by atoms with Crippen LogP contribution in [0.1, 0.15) is 16.7 Å². The van der Waals surface area contributed by atoms with Crippen LogP contribution in [-0.4, -0.2) is 23.4 Å². The van der Waals surface area contributed by atoms with Crippen molar-refractivity contribution < 1.29 is 19.2 Å². The second-order valence-electron chi connectivity index (χ2n) is 5.70. The average molecular weight is 389 g/mol. The highest BCUT2D eigenvalue weighted by atomic mass is 35.5. The van der Waals surface area contributed by atoms with Gasteiger partial charge in [-0.15, -0.1) is 0 Å². The number of nitrogens with zero attached hydrogens (tertiary/aromatic N) is 1. The summed E-state index contributed by atoms with van der Waals surface area (Å²) in [6.45, 7) is 3.36. The van der Waals surface area contributed by atoms with E-state index >= 15 is 0 Å². The highest BCUT2D eigenvalue weighted by molar-refractivity contribution is 6.32. The topological polar surface area (TPSA) is 98.5 Å². The van der Waals surface area contributed by atoms with Crippen LogP contribution in [0.2, 0.25) is 5.02 Å². The van der Waals surface area contributed by atoms with Gasteiger partial charge in [-0.25, -0.2) is 4.79 Å². The van der Waals surface area contributed by atoms with E-state index in [9.17, 15) is 19.7 Å². The van der Waals surface area contributed by atoms with Gasteiger partial charge in [0.05, 0.1) is 4.92 Å². The quantitative estimate of drug-likeness (QED) is 0.348. The van der Waals surface area contributed by atoms with Crippen LogP contribution in [0.15, 0.2) is 42.5 Å². The number of carbonyl (C=O) groups is 2. The zero-order valence-corrected chi connectivity index (χ0v) is 15.4. The third-order valence-corrected chi connectivity index (χ3v) is 4.12. The smallest absolute Gasteiger partial charge is 0.331 e. The van der Waals surface area contributed by atoms with E-state index in [2.05, 4.69) is 5.32 Å². The molecule has 0 aliphatic rings. The molecular weight excluding hydrogens is 372 g/mol. The molecule has 0 atom stereocenters. The summed E-state index contributed by atoms with van der Waals surface area (Å²) >= 11 is 5.72. The maximum absolute atomic E-state index is 11.9. The van der Waals surface area contributed by atoms with Crippen molar-refractivity contribution in [2.75, 3.05) is 11.9 Å². The van der Waals surface area contributed by atoms with E-state index < -0.39 is 23.4 Å². The first-order valence-corrected chi connectivity index (χ1v) is 8.30. The molecule has 0 fully saturated rings. The first kappa shape index (κ1) is 20.1. The number of hydrogen-bond acceptors (Lipinski definition) is 5. The first-order chi connectivity index (χ1) is 12.8. The summed E-state index contributed by atoms with van der Waals surface area (Å²) in [5.41, 5.74) is 2.76. The Morgan fingerprint density at radius 2 is 2.00 bits per heavy atom. The number of rotatable bonds is 6. The number of amides is 1. The van der Waals surface area contributed by atoms with Gasteiger partial charge in [0.15, 0.2) is 6.61 Å². The number of hydrogen-bond donors (Lipinski definition) is 1. The second kappa shape index (κ2) is 8.95. The monoisotopic (exact) mass is 388 g/mol. The molecule has 0 aliphatic heterocycles. The van der Waals surface area contributed by atoms with Crippen LogP contribution in [0, 0.1) is 24.0 Å². The van der Waals surface area contributed by atoms with Crippen LogP contribution in [0.3, 0.4) is 0 Å². The Morgan fingerprint density at radius 1 is 1.26 bits per heavy atom. The lowest BCUT2D eigenvalue weighted by molar-refractivity contribution is -0.384. The number of nitrogens with one attached hydrogen (secondary N) is 1. The summed E-state index contributed by atoms with van der Waals surface area (Å²) < 4.78 is 4.87. The molecule has 2 aromatic carbocycles. The molecule has 7 nitrogen and oxygen atoms in total. The van der Waals surface area contributed by atoms with Gasteiger partial charge in [-0.1, -0.05) is 29.8 Å². The minimum absolute atomic E-state index is 0.00263. The molecule has 0 heterocycles. The number of esters is 1. The number of halogens is 1. The van der Waals surface area contributed by atoms with Gasteiger partial charge in [0.1, 0.15) is 5.02 Å². The molecule has 1 amide bonds. The maximum atomic E-state index is 11.9. The lowest BCUT2D eigenvalue weighted by Crippen LogP contribution is -2.20. The van der Waals surface area contributed by atoms with Gasteiger partial charge in [-0.3, -0.25) is 14.9 Å². The Balaban J connectivity index is 1.91. The van der Waals surface area contributed by atoms with E-state index in [4.69, 9.17) is 16.3 Å². The third-order valence-electron chi connectivity index (χ3n) is 3.80. The van der Waals surface area contributed by atoms with E-state index in [1.165, 1.54) is 24.3 Å². The molecule has 140 valence electrons. The number of anilines is 1. The fourth-order valence-corrected chi connectivity index (χ4v) is 2.38. The van der Waals surface area contributed by atoms with E-state index in [1.807, 2.05) is 26.0 Å². The predicted molar refractivity (Wildman–Crippen MR) is 103 cm³/mol. The van der Waals surface area contributed by atoms with Crippen molar-refractivity contribution >= 4 is 40.9 Å². The summed E-state index contributed by atoms with van der Waals surface area (Å²) in [6.07, 6.45) is 2.42. The standard InChI is InChI=1S/C19H17ClN2O5/c1-12-4-3-5-16(13(12)2)21-18(23)11-27-19(24)9-7-14-6-8-15(20)17(10-14)22(25)26/h3-10H,11H2,1-2H3,(H,21,23)/b9-7+. The fourth-order valence-electron chi connectivity index (χ4n) is 2.20. The molecule has 0 aromatic heterocycles. The van der Waals surface area contributed by atoms with Crippen LogP contribution >= 0.6 is 11.6 Å². The molecule has 2 rings (SSSR count). The van der Waals surface area contributed by atoms with Crippen LogP contribution < -0.4 is 5.32 Å². The van der Waals surface area contributed by atoms with Gasteiger partial charge >= 0.3 is 5.97 Å². The van der Waals surface area contributed by atoms with Crippen LogP contribution in [0.25, 0.3) is 6.08 Å². The molecule has 0 spiro atoms. The molecule has 27 heavy (non-hydrogen) atoms. The molecule has 0 saturated carbocycles. The number of nitro groups is 1. The molecule has 8 heteroatoms. The number of aryl methyl sites for hydroxylation is 1. The summed E-state index contributed by atoms with van der Waals surface area (Å²) in [5, 5.41) is 13.5. The van der Waals surface area contributed by atoms with Gasteiger partial charge in [-0.2, -0.15) is 0 Å². The van der Waals surface area contributed by atoms with Crippen molar-refractivity contribution in [3.8, 4) is 0 Å². The first-order valence-electron chi connectivity index (χ1n) is 7.93. The lowest BCUT2D eigenvalue weighted by Gasteiger charge is -2.10. The molecule has 0 radical (unpaired) electrons. The van der Waals surface area contributed by atoms with Crippen LogP contribution in [-0.2, 0) is 14.3 Å². The highest BCUT2D eigenvalue weighted by Gasteiger charge is 2.12. The summed E-state index contributed by atoms with van der Waals surface area (Å²) in [7, 11) is 0. The Bertz CT molecular complexity index is 924. The van der Waals surface area contributed by atoms with Crippen LogP contribution in [0.5, 0.6) is 0 Å². The molecule has 0 saturated heterocycles. The van der Waals surface area contributed by atoms with Gasteiger partial charge < -0.3 is 10.1 Å². The summed E-state index contributed by atoms with van der Waals surface area (Å²) in [6, 6.07) is 9.62. The summed E-state index contributed by atoms with van der Waals surface area (Å²) in [4.78, 5) is 33.9. The molecule has 2 aromatic rings. The average Bonchev–Trinajstić information content (AvgIpc) is 2.63. The number of nitro benzene ring substituents is 1.